The molecule has 2 aromatic rings. The second-order valence-corrected chi connectivity index (χ2v) is 13.2. The zero-order chi connectivity index (χ0) is 30.4. The molecular formula is C30H42N4O7S. The smallest absolute Gasteiger partial charge is 0.319 e. The Balaban J connectivity index is 1.65. The molecule has 2 aromatic carbocycles. The number of rotatable bonds is 9. The topological polar surface area (TPSA) is 138 Å². The van der Waals surface area contributed by atoms with Gasteiger partial charge in [0.05, 0.1) is 42.4 Å². The van der Waals surface area contributed by atoms with Gasteiger partial charge in [-0.3, -0.25) is 4.79 Å². The normalized spacial score (nSPS) is 20.6. The number of fused-ring (bicyclic) bond motifs is 1. The van der Waals surface area contributed by atoms with Crippen LogP contribution >= 0.6 is 0 Å². The molecule has 4 rings (SSSR count). The number of carbonyl (C=O) groups is 2. The Labute approximate surface area is 248 Å². The van der Waals surface area contributed by atoms with Gasteiger partial charge in [-0.2, -0.15) is 4.31 Å². The summed E-state index contributed by atoms with van der Waals surface area (Å²) in [5.41, 5.74) is 0.536. The van der Waals surface area contributed by atoms with E-state index in [1.54, 1.807) is 42.2 Å². The Kier molecular flexibility index (Phi) is 10.3. The standard InChI is InChI=1S/C30H42N4O7S/c1-20-17-34(21(2)19-35)29(36)25-11-8-12-26(32-30(37)31-22-9-6-5-7-10-22)28(25)41-27(20)18-33(3)42(38,39)24-15-13-23(40-4)14-16-24/h8,11-16,20-22,27,35H,5-7,9-10,17-19H2,1-4H3,(H2,31,32,37)/t20-,21+,27-/m1/s1. The van der Waals surface area contributed by atoms with Gasteiger partial charge >= 0.3 is 6.03 Å². The summed E-state index contributed by atoms with van der Waals surface area (Å²) in [5, 5.41) is 15.8. The highest BCUT2D eigenvalue weighted by Crippen LogP contribution is 2.35. The lowest BCUT2D eigenvalue weighted by molar-refractivity contribution is 0.0389. The number of likely N-dealkylation sites (N-methyl/N-ethyl adjacent to an activating group) is 1. The van der Waals surface area contributed by atoms with Crippen molar-refractivity contribution in [1.82, 2.24) is 14.5 Å². The Morgan fingerprint density at radius 2 is 1.86 bits per heavy atom. The van der Waals surface area contributed by atoms with Crippen LogP contribution < -0.4 is 20.1 Å². The number of nitrogens with zero attached hydrogens (tertiary/aromatic N) is 2. The number of benzene rings is 2. The number of urea groups is 1. The minimum atomic E-state index is -3.88. The summed E-state index contributed by atoms with van der Waals surface area (Å²) in [4.78, 5) is 28.4. The minimum absolute atomic E-state index is 0.0207. The third kappa shape index (κ3) is 7.16. The van der Waals surface area contributed by atoms with Gasteiger partial charge < -0.3 is 30.1 Å². The van der Waals surface area contributed by atoms with Crippen LogP contribution in [0.2, 0.25) is 0 Å². The lowest BCUT2D eigenvalue weighted by atomic mass is 9.96. The van der Waals surface area contributed by atoms with Gasteiger partial charge in [0.2, 0.25) is 10.0 Å². The van der Waals surface area contributed by atoms with Gasteiger partial charge in [0, 0.05) is 25.6 Å². The van der Waals surface area contributed by atoms with E-state index in [9.17, 15) is 23.1 Å². The maximum Gasteiger partial charge on any atom is 0.319 e. The van der Waals surface area contributed by atoms with E-state index in [4.69, 9.17) is 9.47 Å². The van der Waals surface area contributed by atoms with Crippen molar-refractivity contribution in [3.8, 4) is 11.5 Å². The molecule has 42 heavy (non-hydrogen) atoms. The number of carbonyl (C=O) groups excluding carboxylic acids is 2. The molecule has 1 fully saturated rings. The number of hydrogen-bond acceptors (Lipinski definition) is 7. The number of anilines is 1. The first-order chi connectivity index (χ1) is 20.0. The van der Waals surface area contributed by atoms with Gasteiger partial charge in [-0.05, 0) is 56.2 Å². The zero-order valence-electron chi connectivity index (χ0n) is 24.7. The largest absolute Gasteiger partial charge is 0.497 e. The number of amides is 3. The van der Waals surface area contributed by atoms with Crippen LogP contribution in [0.1, 0.15) is 56.3 Å². The van der Waals surface area contributed by atoms with Crippen molar-refractivity contribution >= 4 is 27.6 Å². The minimum Gasteiger partial charge on any atom is -0.497 e. The van der Waals surface area contributed by atoms with Crippen LogP contribution in [0.4, 0.5) is 10.5 Å². The molecule has 1 aliphatic heterocycles. The van der Waals surface area contributed by atoms with Crippen molar-refractivity contribution in [2.75, 3.05) is 39.2 Å². The Morgan fingerprint density at radius 1 is 1.17 bits per heavy atom. The van der Waals surface area contributed by atoms with E-state index in [2.05, 4.69) is 10.6 Å². The highest BCUT2D eigenvalue weighted by molar-refractivity contribution is 7.89. The SMILES string of the molecule is COc1ccc(S(=O)(=O)N(C)C[C@H]2Oc3c(NC(=O)NC4CCCCC4)cccc3C(=O)N([C@@H](C)CO)C[C@H]2C)cc1. The Hall–Kier alpha value is -3.35. The van der Waals surface area contributed by atoms with Crippen molar-refractivity contribution in [3.05, 3.63) is 48.0 Å². The van der Waals surface area contributed by atoms with Gasteiger partial charge in [0.15, 0.2) is 5.75 Å². The van der Waals surface area contributed by atoms with Gasteiger partial charge in [-0.25, -0.2) is 13.2 Å². The summed E-state index contributed by atoms with van der Waals surface area (Å²) >= 11 is 0. The van der Waals surface area contributed by atoms with Crippen LogP contribution in [0, 0.1) is 5.92 Å². The number of aliphatic hydroxyl groups excluding tert-OH is 1. The molecular weight excluding hydrogens is 560 g/mol. The van der Waals surface area contributed by atoms with Crippen molar-refractivity contribution < 1.29 is 32.6 Å². The third-order valence-electron chi connectivity index (χ3n) is 8.08. The monoisotopic (exact) mass is 602 g/mol. The molecule has 12 heteroatoms. The van der Waals surface area contributed by atoms with E-state index in [1.165, 1.54) is 30.6 Å². The highest BCUT2D eigenvalue weighted by Gasteiger charge is 2.36. The highest BCUT2D eigenvalue weighted by atomic mass is 32.2. The third-order valence-corrected chi connectivity index (χ3v) is 9.92. The van der Waals surface area contributed by atoms with Crippen LogP contribution in [-0.4, -0.2) is 86.7 Å². The Morgan fingerprint density at radius 3 is 2.50 bits per heavy atom. The quantitative estimate of drug-likeness (QED) is 0.398. The predicted molar refractivity (Wildman–Crippen MR) is 159 cm³/mol. The summed E-state index contributed by atoms with van der Waals surface area (Å²) in [5.74, 6) is 0.0462. The fourth-order valence-electron chi connectivity index (χ4n) is 5.43. The van der Waals surface area contributed by atoms with Crippen molar-refractivity contribution in [2.45, 2.75) is 69.0 Å². The summed E-state index contributed by atoms with van der Waals surface area (Å²) in [6, 6.07) is 10.3. The van der Waals surface area contributed by atoms with Crippen LogP contribution in [0.3, 0.4) is 0 Å². The number of hydrogen-bond donors (Lipinski definition) is 3. The molecule has 3 amide bonds. The maximum absolute atomic E-state index is 13.7. The molecule has 0 radical (unpaired) electrons. The second kappa shape index (κ2) is 13.7. The van der Waals surface area contributed by atoms with E-state index < -0.39 is 28.2 Å². The van der Waals surface area contributed by atoms with Crippen molar-refractivity contribution in [2.24, 2.45) is 5.92 Å². The molecule has 1 heterocycles. The predicted octanol–water partition coefficient (Wildman–Crippen LogP) is 3.69. The van der Waals surface area contributed by atoms with Gasteiger partial charge in [-0.15, -0.1) is 0 Å². The van der Waals surface area contributed by atoms with Gasteiger partial charge in [-0.1, -0.05) is 32.3 Å². The first-order valence-corrected chi connectivity index (χ1v) is 15.9. The summed E-state index contributed by atoms with van der Waals surface area (Å²) in [6.07, 6.45) is 4.43. The van der Waals surface area contributed by atoms with E-state index in [-0.39, 0.29) is 53.8 Å². The molecule has 1 saturated carbocycles. The van der Waals surface area contributed by atoms with Crippen LogP contribution in [0.5, 0.6) is 11.5 Å². The zero-order valence-corrected chi connectivity index (χ0v) is 25.5. The first kappa shape index (κ1) is 31.6. The maximum atomic E-state index is 13.7. The number of aliphatic hydroxyl groups is 1. The fourth-order valence-corrected chi connectivity index (χ4v) is 6.61. The molecule has 11 nitrogen and oxygen atoms in total. The molecule has 3 atom stereocenters. The summed E-state index contributed by atoms with van der Waals surface area (Å²) in [6.45, 7) is 3.60. The number of ether oxygens (including phenoxy) is 2. The molecule has 0 saturated heterocycles. The average Bonchev–Trinajstić information content (AvgIpc) is 2.99. The van der Waals surface area contributed by atoms with E-state index in [0.717, 1.165) is 32.1 Å². The number of sulfonamides is 1. The number of nitrogens with one attached hydrogen (secondary N) is 2. The molecule has 0 spiro atoms. The number of methoxy groups -OCH3 is 1. The lowest BCUT2D eigenvalue weighted by Crippen LogP contribution is -2.50. The summed E-state index contributed by atoms with van der Waals surface area (Å²) in [7, 11) is -0.887. The first-order valence-electron chi connectivity index (χ1n) is 14.4. The van der Waals surface area contributed by atoms with E-state index in [1.807, 2.05) is 6.92 Å². The number of para-hydroxylation sites is 1. The Bertz CT molecular complexity index is 1350. The molecule has 0 aromatic heterocycles. The van der Waals surface area contributed by atoms with Crippen LogP contribution in [0.25, 0.3) is 0 Å². The second-order valence-electron chi connectivity index (χ2n) is 11.2. The molecule has 0 unspecified atom stereocenters. The molecule has 1 aliphatic carbocycles. The van der Waals surface area contributed by atoms with Crippen LogP contribution in [0.15, 0.2) is 47.4 Å². The average molecular weight is 603 g/mol. The van der Waals surface area contributed by atoms with Crippen molar-refractivity contribution in [1.29, 1.82) is 0 Å². The molecule has 230 valence electrons. The van der Waals surface area contributed by atoms with Crippen molar-refractivity contribution in [3.63, 3.8) is 0 Å². The van der Waals surface area contributed by atoms with Gasteiger partial charge in [0.1, 0.15) is 11.9 Å². The summed E-state index contributed by atoms with van der Waals surface area (Å²) < 4.78 is 39.7. The van der Waals surface area contributed by atoms with Crippen LogP contribution in [-0.2, 0) is 10.0 Å². The lowest BCUT2D eigenvalue weighted by Gasteiger charge is -2.38. The van der Waals surface area contributed by atoms with E-state index >= 15 is 0 Å². The molecule has 0 bridgehead atoms. The molecule has 3 N–H and O–H groups in total. The molecule has 2 aliphatic rings. The van der Waals surface area contributed by atoms with E-state index in [0.29, 0.717) is 11.4 Å². The fraction of sp³-hybridized carbons (Fsp3) is 0.533. The van der Waals surface area contributed by atoms with Gasteiger partial charge in [0.25, 0.3) is 5.91 Å².